The van der Waals surface area contributed by atoms with Gasteiger partial charge in [-0.15, -0.1) is 0 Å². The second kappa shape index (κ2) is 11.3. The highest BCUT2D eigenvalue weighted by molar-refractivity contribution is 7.89. The zero-order chi connectivity index (χ0) is 27.4. The predicted molar refractivity (Wildman–Crippen MR) is 149 cm³/mol. The first-order valence-electron chi connectivity index (χ1n) is 12.6. The molecule has 1 heterocycles. The number of hydrogen-bond donors (Lipinski definition) is 1. The van der Waals surface area contributed by atoms with Crippen LogP contribution < -0.4 is 5.56 Å². The fourth-order valence-corrected chi connectivity index (χ4v) is 5.91. The smallest absolute Gasteiger partial charge is 0.338 e. The van der Waals surface area contributed by atoms with Crippen LogP contribution in [0.25, 0.3) is 10.9 Å². The van der Waals surface area contributed by atoms with E-state index in [1.807, 2.05) is 57.2 Å². The van der Waals surface area contributed by atoms with Gasteiger partial charge in [0.15, 0.2) is 0 Å². The van der Waals surface area contributed by atoms with Crippen LogP contribution in [0, 0.1) is 20.8 Å². The van der Waals surface area contributed by atoms with E-state index in [0.29, 0.717) is 12.0 Å². The second-order valence-electron chi connectivity index (χ2n) is 9.36. The Morgan fingerprint density at radius 1 is 0.921 bits per heavy atom. The number of aromatic amines is 1. The Hall–Kier alpha value is -3.75. The first-order valence-corrected chi connectivity index (χ1v) is 14.0. The molecule has 0 aliphatic rings. The monoisotopic (exact) mass is 532 g/mol. The molecule has 0 fully saturated rings. The molecule has 4 aromatic rings. The van der Waals surface area contributed by atoms with Gasteiger partial charge >= 0.3 is 5.97 Å². The number of carbonyl (C=O) groups excluding carboxylic acids is 1. The molecule has 8 heteroatoms. The number of nitrogens with zero attached hydrogens (tertiary/aromatic N) is 1. The lowest BCUT2D eigenvalue weighted by atomic mass is 10.0. The molecule has 4 rings (SSSR count). The quantitative estimate of drug-likeness (QED) is 0.304. The Morgan fingerprint density at radius 3 is 2.42 bits per heavy atom. The summed E-state index contributed by atoms with van der Waals surface area (Å²) >= 11 is 0. The number of hydrogen-bond acceptors (Lipinski definition) is 5. The number of H-pyrrole nitrogens is 1. The van der Waals surface area contributed by atoms with E-state index >= 15 is 0 Å². The normalized spacial score (nSPS) is 11.7. The number of pyridine rings is 1. The number of fused-ring (bicyclic) bond motifs is 1. The number of rotatable bonds is 9. The third-order valence-electron chi connectivity index (χ3n) is 6.85. The first kappa shape index (κ1) is 27.3. The van der Waals surface area contributed by atoms with Crippen LogP contribution in [0.4, 0.5) is 0 Å². The van der Waals surface area contributed by atoms with E-state index in [4.69, 9.17) is 4.74 Å². The predicted octanol–water partition coefficient (Wildman–Crippen LogP) is 5.06. The molecule has 0 aliphatic heterocycles. The van der Waals surface area contributed by atoms with E-state index in [9.17, 15) is 18.0 Å². The van der Waals surface area contributed by atoms with Gasteiger partial charge in [0, 0.05) is 18.7 Å². The first-order chi connectivity index (χ1) is 18.1. The minimum absolute atomic E-state index is 0.0310. The van der Waals surface area contributed by atoms with Gasteiger partial charge in [0.2, 0.25) is 10.0 Å². The van der Waals surface area contributed by atoms with E-state index in [2.05, 4.69) is 4.98 Å². The topological polar surface area (TPSA) is 96.5 Å². The number of carbonyl (C=O) groups is 1. The van der Waals surface area contributed by atoms with Crippen molar-refractivity contribution >= 4 is 26.9 Å². The molecular formula is C30H32N2O5S. The fraction of sp³-hybridized carbons (Fsp3) is 0.267. The van der Waals surface area contributed by atoms with Gasteiger partial charge in [-0.3, -0.25) is 4.79 Å². The van der Waals surface area contributed by atoms with E-state index in [-0.39, 0.29) is 35.7 Å². The van der Waals surface area contributed by atoms with E-state index < -0.39 is 16.0 Å². The second-order valence-corrected chi connectivity index (χ2v) is 11.3. The lowest BCUT2D eigenvalue weighted by molar-refractivity contribution is 0.0526. The third-order valence-corrected chi connectivity index (χ3v) is 8.69. The number of aromatic nitrogens is 1. The van der Waals surface area contributed by atoms with Crippen LogP contribution >= 0.6 is 0 Å². The summed E-state index contributed by atoms with van der Waals surface area (Å²) < 4.78 is 34.2. The molecule has 38 heavy (non-hydrogen) atoms. The van der Waals surface area contributed by atoms with Crippen molar-refractivity contribution in [3.8, 4) is 0 Å². The summed E-state index contributed by atoms with van der Waals surface area (Å²) in [6.07, 6.45) is 0.466. The minimum atomic E-state index is -4.07. The zero-order valence-electron chi connectivity index (χ0n) is 22.1. The molecular weight excluding hydrogens is 500 g/mol. The van der Waals surface area contributed by atoms with Gasteiger partial charge in [0.25, 0.3) is 5.56 Å². The van der Waals surface area contributed by atoms with Crippen molar-refractivity contribution < 1.29 is 17.9 Å². The van der Waals surface area contributed by atoms with Crippen molar-refractivity contribution in [1.82, 2.24) is 9.29 Å². The van der Waals surface area contributed by atoms with Crippen LogP contribution in [0.1, 0.15) is 45.1 Å². The molecule has 0 saturated carbocycles. The highest BCUT2D eigenvalue weighted by atomic mass is 32.2. The van der Waals surface area contributed by atoms with E-state index in [1.165, 1.54) is 28.6 Å². The fourth-order valence-electron chi connectivity index (χ4n) is 4.44. The van der Waals surface area contributed by atoms with Gasteiger partial charge in [-0.1, -0.05) is 42.5 Å². The number of ether oxygens (including phenoxy) is 1. The van der Waals surface area contributed by atoms with Gasteiger partial charge in [-0.05, 0) is 86.0 Å². The maximum absolute atomic E-state index is 13.9. The molecule has 198 valence electrons. The van der Waals surface area contributed by atoms with Gasteiger partial charge in [-0.25, -0.2) is 13.2 Å². The Labute approximate surface area is 223 Å². The number of esters is 1. The van der Waals surface area contributed by atoms with Crippen molar-refractivity contribution in [3.05, 3.63) is 110 Å². The Balaban J connectivity index is 1.75. The molecule has 0 aliphatic carbocycles. The van der Waals surface area contributed by atoms with Gasteiger partial charge in [-0.2, -0.15) is 4.31 Å². The SMILES string of the molecule is CCOC(=O)c1cccc(S(=O)(=O)N(CCc2ccccc2C)Cc2cc3ccc(C)c(C)c3[nH]c2=O)c1. The molecule has 1 aromatic heterocycles. The number of benzene rings is 3. The molecule has 0 atom stereocenters. The van der Waals surface area contributed by atoms with Crippen molar-refractivity contribution in [1.29, 1.82) is 0 Å². The molecule has 0 unspecified atom stereocenters. The Kier molecular flexibility index (Phi) is 8.14. The highest BCUT2D eigenvalue weighted by Crippen LogP contribution is 2.23. The van der Waals surface area contributed by atoms with Crippen LogP contribution in [-0.2, 0) is 27.7 Å². The van der Waals surface area contributed by atoms with E-state index in [0.717, 1.165) is 33.2 Å². The highest BCUT2D eigenvalue weighted by Gasteiger charge is 2.27. The maximum atomic E-state index is 13.9. The van der Waals surface area contributed by atoms with Gasteiger partial charge in [0.05, 0.1) is 22.6 Å². The van der Waals surface area contributed by atoms with Crippen molar-refractivity contribution in [2.45, 2.75) is 45.6 Å². The van der Waals surface area contributed by atoms with E-state index in [1.54, 1.807) is 13.0 Å². The van der Waals surface area contributed by atoms with Crippen LogP contribution in [0.3, 0.4) is 0 Å². The minimum Gasteiger partial charge on any atom is -0.462 e. The Bertz CT molecular complexity index is 1660. The van der Waals surface area contributed by atoms with Crippen LogP contribution in [0.2, 0.25) is 0 Å². The zero-order valence-corrected chi connectivity index (χ0v) is 22.9. The summed E-state index contributed by atoms with van der Waals surface area (Å²) in [5.41, 5.74) is 5.03. The lowest BCUT2D eigenvalue weighted by Crippen LogP contribution is -2.34. The summed E-state index contributed by atoms with van der Waals surface area (Å²) in [4.78, 5) is 28.3. The molecule has 0 spiro atoms. The summed E-state index contributed by atoms with van der Waals surface area (Å²) in [6.45, 7) is 7.82. The van der Waals surface area contributed by atoms with Crippen LogP contribution in [0.15, 0.2) is 76.4 Å². The molecule has 1 N–H and O–H groups in total. The molecule has 3 aromatic carbocycles. The van der Waals surface area contributed by atoms with Crippen molar-refractivity contribution in [2.75, 3.05) is 13.2 Å². The summed E-state index contributed by atoms with van der Waals surface area (Å²) in [7, 11) is -4.07. The maximum Gasteiger partial charge on any atom is 0.338 e. The number of sulfonamides is 1. The van der Waals surface area contributed by atoms with Crippen molar-refractivity contribution in [2.24, 2.45) is 0 Å². The number of nitrogens with one attached hydrogen (secondary N) is 1. The van der Waals surface area contributed by atoms with Gasteiger partial charge in [0.1, 0.15) is 0 Å². The lowest BCUT2D eigenvalue weighted by Gasteiger charge is -2.23. The molecule has 0 saturated heterocycles. The Morgan fingerprint density at radius 2 is 1.68 bits per heavy atom. The molecule has 0 amide bonds. The molecule has 0 bridgehead atoms. The molecule has 7 nitrogen and oxygen atoms in total. The number of aryl methyl sites for hydroxylation is 3. The average molecular weight is 533 g/mol. The van der Waals surface area contributed by atoms with Crippen LogP contribution in [0.5, 0.6) is 0 Å². The average Bonchev–Trinajstić information content (AvgIpc) is 2.90. The van der Waals surface area contributed by atoms with Gasteiger partial charge < -0.3 is 9.72 Å². The summed E-state index contributed by atoms with van der Waals surface area (Å²) in [5, 5.41) is 0.836. The summed E-state index contributed by atoms with van der Waals surface area (Å²) in [5.74, 6) is -0.590. The largest absolute Gasteiger partial charge is 0.462 e. The standard InChI is InChI=1S/C30H32N2O5S/c1-5-37-30(34)25-11-8-12-27(18-25)38(35,36)32(16-15-23-10-7-6-9-21(23)3)19-26-17-24-14-13-20(2)22(4)28(24)31-29(26)33/h6-14,17-18H,5,15-16,19H2,1-4H3,(H,31,33). The summed E-state index contributed by atoms with van der Waals surface area (Å²) in [6, 6.07) is 19.3. The molecule has 0 radical (unpaired) electrons. The van der Waals surface area contributed by atoms with Crippen molar-refractivity contribution in [3.63, 3.8) is 0 Å². The third kappa shape index (κ3) is 5.71. The van der Waals surface area contributed by atoms with Crippen LogP contribution in [-0.4, -0.2) is 36.8 Å².